The standard InChI is InChI=1S/C10H22NO.C2HN3/c1-10(2,3)11(9-12-4)7-5-6-8-11;3-1-5-2-4/h5-9H2,1-4H3;5H/q+1;. The molecule has 0 atom stereocenters. The van der Waals surface area contributed by atoms with Gasteiger partial charge in [-0.2, -0.15) is 10.5 Å². The van der Waals surface area contributed by atoms with Crippen molar-refractivity contribution in [1.29, 1.82) is 10.5 Å². The number of quaternary nitrogens is 1. The molecule has 1 aliphatic rings. The third kappa shape index (κ3) is 4.60. The Morgan fingerprint density at radius 1 is 1.18 bits per heavy atom. The quantitative estimate of drug-likeness (QED) is 0.451. The van der Waals surface area contributed by atoms with E-state index in [1.54, 1.807) is 5.32 Å². The Kier molecular flexibility index (Phi) is 6.57. The second-order valence-corrected chi connectivity index (χ2v) is 5.24. The first kappa shape index (κ1) is 15.7. The first-order chi connectivity index (χ1) is 7.93. The molecule has 0 aromatic rings. The van der Waals surface area contributed by atoms with E-state index >= 15 is 0 Å². The molecule has 1 saturated heterocycles. The summed E-state index contributed by atoms with van der Waals surface area (Å²) in [5.41, 5.74) is 0.340. The average Bonchev–Trinajstić information content (AvgIpc) is 2.69. The van der Waals surface area contributed by atoms with E-state index in [1.165, 1.54) is 38.3 Å². The predicted molar refractivity (Wildman–Crippen MR) is 65.2 cm³/mol. The predicted octanol–water partition coefficient (Wildman–Crippen LogP) is 1.54. The molecule has 0 aromatic carbocycles. The van der Waals surface area contributed by atoms with Gasteiger partial charge in [-0.3, -0.25) is 4.48 Å². The van der Waals surface area contributed by atoms with E-state index in [9.17, 15) is 0 Å². The fourth-order valence-electron chi connectivity index (χ4n) is 2.21. The Bertz CT molecular complexity index is 277. The fraction of sp³-hybridized carbons (Fsp3) is 0.833. The van der Waals surface area contributed by atoms with Crippen LogP contribution in [0, 0.1) is 22.9 Å². The number of hydrogen-bond acceptors (Lipinski definition) is 4. The van der Waals surface area contributed by atoms with E-state index in [4.69, 9.17) is 15.3 Å². The van der Waals surface area contributed by atoms with Crippen LogP contribution in [0.25, 0.3) is 0 Å². The van der Waals surface area contributed by atoms with E-state index in [1.807, 2.05) is 7.11 Å². The third-order valence-corrected chi connectivity index (χ3v) is 3.33. The Morgan fingerprint density at radius 3 is 1.88 bits per heavy atom. The van der Waals surface area contributed by atoms with Crippen LogP contribution in [-0.2, 0) is 4.74 Å². The van der Waals surface area contributed by atoms with Gasteiger partial charge in [-0.05, 0) is 20.8 Å². The molecule has 1 N–H and O–H groups in total. The highest BCUT2D eigenvalue weighted by Gasteiger charge is 2.42. The van der Waals surface area contributed by atoms with Crippen molar-refractivity contribution in [2.75, 3.05) is 26.9 Å². The van der Waals surface area contributed by atoms with E-state index < -0.39 is 0 Å². The van der Waals surface area contributed by atoms with Gasteiger partial charge in [0.1, 0.15) is 0 Å². The molecular weight excluding hydrogens is 216 g/mol. The van der Waals surface area contributed by atoms with Gasteiger partial charge in [-0.1, -0.05) is 0 Å². The summed E-state index contributed by atoms with van der Waals surface area (Å²) >= 11 is 0. The van der Waals surface area contributed by atoms with Crippen LogP contribution >= 0.6 is 0 Å². The van der Waals surface area contributed by atoms with Crippen LogP contribution < -0.4 is 5.32 Å². The molecule has 1 rings (SSSR count). The van der Waals surface area contributed by atoms with Crippen molar-refractivity contribution in [3.05, 3.63) is 0 Å². The Balaban J connectivity index is 0.000000437. The second-order valence-electron chi connectivity index (χ2n) is 5.24. The molecule has 1 fully saturated rings. The van der Waals surface area contributed by atoms with Crippen LogP contribution in [0.15, 0.2) is 0 Å². The summed E-state index contributed by atoms with van der Waals surface area (Å²) < 4.78 is 6.47. The molecule has 96 valence electrons. The zero-order valence-corrected chi connectivity index (χ0v) is 11.3. The number of nitriles is 2. The molecule has 0 aliphatic carbocycles. The first-order valence-corrected chi connectivity index (χ1v) is 5.82. The molecule has 17 heavy (non-hydrogen) atoms. The number of nitrogens with one attached hydrogen (secondary N) is 1. The maximum absolute atomic E-state index is 7.48. The number of nitrogens with zero attached hydrogens (tertiary/aromatic N) is 3. The SMILES string of the molecule is COC[N+]1(C(C)(C)C)CCCC1.N#CNC#N. The van der Waals surface area contributed by atoms with Gasteiger partial charge in [0.2, 0.25) is 0 Å². The summed E-state index contributed by atoms with van der Waals surface area (Å²) in [5.74, 6) is 0. The molecule has 0 aromatic heterocycles. The average molecular weight is 239 g/mol. The first-order valence-electron chi connectivity index (χ1n) is 5.82. The highest BCUT2D eigenvalue weighted by atomic mass is 16.5. The third-order valence-electron chi connectivity index (χ3n) is 3.33. The van der Waals surface area contributed by atoms with Crippen molar-refractivity contribution in [3.8, 4) is 12.4 Å². The fourth-order valence-corrected chi connectivity index (χ4v) is 2.21. The minimum Gasteiger partial charge on any atom is -0.335 e. The number of rotatable bonds is 2. The highest BCUT2D eigenvalue weighted by molar-refractivity contribution is 4.77. The number of ether oxygens (including phenoxy) is 1. The number of likely N-dealkylation sites (tertiary alicyclic amines) is 1. The maximum Gasteiger partial charge on any atom is 0.190 e. The summed E-state index contributed by atoms with van der Waals surface area (Å²) in [7, 11) is 1.81. The van der Waals surface area contributed by atoms with Crippen molar-refractivity contribution < 1.29 is 9.22 Å². The Labute approximate surface area is 104 Å². The molecule has 0 spiro atoms. The van der Waals surface area contributed by atoms with Crippen LogP contribution in [0.4, 0.5) is 0 Å². The summed E-state index contributed by atoms with van der Waals surface area (Å²) in [6.45, 7) is 10.4. The molecule has 5 heteroatoms. The maximum atomic E-state index is 7.48. The van der Waals surface area contributed by atoms with Crippen molar-refractivity contribution in [1.82, 2.24) is 5.32 Å². The van der Waals surface area contributed by atoms with Crippen LogP contribution in [-0.4, -0.2) is 37.0 Å². The van der Waals surface area contributed by atoms with Gasteiger partial charge in [-0.25, -0.2) is 5.32 Å². The Hall–Kier alpha value is -1.30. The lowest BCUT2D eigenvalue weighted by Crippen LogP contribution is -2.59. The topological polar surface area (TPSA) is 68.8 Å². The Morgan fingerprint density at radius 2 is 1.65 bits per heavy atom. The van der Waals surface area contributed by atoms with Crippen molar-refractivity contribution in [2.24, 2.45) is 0 Å². The van der Waals surface area contributed by atoms with E-state index in [0.29, 0.717) is 5.54 Å². The summed E-state index contributed by atoms with van der Waals surface area (Å²) in [6, 6.07) is 0. The molecule has 0 radical (unpaired) electrons. The smallest absolute Gasteiger partial charge is 0.190 e. The summed E-state index contributed by atoms with van der Waals surface area (Å²) in [6.07, 6.45) is 5.54. The molecule has 0 bridgehead atoms. The lowest BCUT2D eigenvalue weighted by atomic mass is 10.0. The highest BCUT2D eigenvalue weighted by Crippen LogP contribution is 2.30. The summed E-state index contributed by atoms with van der Waals surface area (Å²) in [4.78, 5) is 0. The van der Waals surface area contributed by atoms with Crippen molar-refractivity contribution in [3.63, 3.8) is 0 Å². The van der Waals surface area contributed by atoms with E-state index in [2.05, 4.69) is 20.8 Å². The molecule has 0 unspecified atom stereocenters. The minimum atomic E-state index is 0.340. The van der Waals surface area contributed by atoms with Gasteiger partial charge in [0.05, 0.1) is 18.6 Å². The van der Waals surface area contributed by atoms with Gasteiger partial charge in [0, 0.05) is 20.0 Å². The van der Waals surface area contributed by atoms with Crippen LogP contribution in [0.2, 0.25) is 0 Å². The molecule has 1 heterocycles. The van der Waals surface area contributed by atoms with Gasteiger partial charge >= 0.3 is 0 Å². The number of hydrogen-bond donors (Lipinski definition) is 1. The van der Waals surface area contributed by atoms with Crippen molar-refractivity contribution in [2.45, 2.75) is 39.2 Å². The van der Waals surface area contributed by atoms with Gasteiger partial charge in [-0.15, -0.1) is 0 Å². The summed E-state index contributed by atoms with van der Waals surface area (Å²) in [5, 5.41) is 16.7. The van der Waals surface area contributed by atoms with E-state index in [0.717, 1.165) is 11.2 Å². The van der Waals surface area contributed by atoms with Crippen LogP contribution in [0.5, 0.6) is 0 Å². The molecule has 0 amide bonds. The second kappa shape index (κ2) is 7.11. The number of methoxy groups -OCH3 is 1. The van der Waals surface area contributed by atoms with Crippen LogP contribution in [0.3, 0.4) is 0 Å². The molecule has 1 aliphatic heterocycles. The molecule has 5 nitrogen and oxygen atoms in total. The largest absolute Gasteiger partial charge is 0.335 e. The lowest BCUT2D eigenvalue weighted by Gasteiger charge is -2.44. The van der Waals surface area contributed by atoms with Gasteiger partial charge in [0.25, 0.3) is 0 Å². The van der Waals surface area contributed by atoms with Gasteiger partial charge < -0.3 is 4.74 Å². The molecule has 0 saturated carbocycles. The molecular formula is C12H23N4O+. The normalized spacial score (nSPS) is 17.3. The van der Waals surface area contributed by atoms with Crippen LogP contribution in [0.1, 0.15) is 33.6 Å². The zero-order chi connectivity index (χ0) is 13.4. The lowest BCUT2D eigenvalue weighted by molar-refractivity contribution is -0.976. The zero-order valence-electron chi connectivity index (χ0n) is 11.3. The van der Waals surface area contributed by atoms with Crippen molar-refractivity contribution >= 4 is 0 Å². The van der Waals surface area contributed by atoms with Gasteiger partial charge in [0.15, 0.2) is 19.1 Å². The monoisotopic (exact) mass is 239 g/mol. The minimum absolute atomic E-state index is 0.340. The van der Waals surface area contributed by atoms with E-state index in [-0.39, 0.29) is 0 Å².